The van der Waals surface area contributed by atoms with Gasteiger partial charge in [0.15, 0.2) is 0 Å². The van der Waals surface area contributed by atoms with Crippen LogP contribution in [0.2, 0.25) is 0 Å². The van der Waals surface area contributed by atoms with Gasteiger partial charge in [0.2, 0.25) is 0 Å². The molecule has 0 aliphatic heterocycles. The first kappa shape index (κ1) is 16.3. The number of fused-ring (bicyclic) bond motifs is 2. The van der Waals surface area contributed by atoms with Gasteiger partial charge in [-0.1, -0.05) is 6.07 Å². The van der Waals surface area contributed by atoms with Crippen molar-refractivity contribution in [3.8, 4) is 11.5 Å². The van der Waals surface area contributed by atoms with E-state index in [1.54, 1.807) is 7.11 Å². The second kappa shape index (κ2) is 7.00. The summed E-state index contributed by atoms with van der Waals surface area (Å²) in [5.41, 5.74) is 3.01. The molecule has 0 saturated carbocycles. The summed E-state index contributed by atoms with van der Waals surface area (Å²) in [4.78, 5) is 9.03. The minimum atomic E-state index is 0.577. The lowest BCUT2D eigenvalue weighted by Crippen LogP contribution is -2.03. The van der Waals surface area contributed by atoms with Gasteiger partial charge in [0.1, 0.15) is 11.5 Å². The fraction of sp³-hybridized carbons (Fsp3) is 0.182. The lowest BCUT2D eigenvalue weighted by atomic mass is 10.1. The fourth-order valence-electron chi connectivity index (χ4n) is 3.00. The van der Waals surface area contributed by atoms with Crippen molar-refractivity contribution >= 4 is 21.7 Å². The van der Waals surface area contributed by atoms with Crippen LogP contribution in [-0.2, 0) is 6.42 Å². The summed E-state index contributed by atoms with van der Waals surface area (Å²) in [6.07, 6.45) is 2.64. The Hall–Kier alpha value is -3.14. The molecule has 0 aliphatic carbocycles. The van der Waals surface area contributed by atoms with Gasteiger partial charge in [0.25, 0.3) is 0 Å². The number of hydrogen-bond acceptors (Lipinski definition) is 4. The summed E-state index contributed by atoms with van der Waals surface area (Å²) in [6.45, 7) is 2.57. The largest absolute Gasteiger partial charge is 0.497 e. The molecule has 4 heteroatoms. The molecule has 0 bridgehead atoms. The normalized spacial score (nSPS) is 11.0. The third kappa shape index (κ3) is 3.45. The van der Waals surface area contributed by atoms with Crippen LogP contribution in [0.25, 0.3) is 21.7 Å². The van der Waals surface area contributed by atoms with Crippen molar-refractivity contribution in [1.29, 1.82) is 0 Å². The van der Waals surface area contributed by atoms with Crippen LogP contribution in [0.1, 0.15) is 11.4 Å². The summed E-state index contributed by atoms with van der Waals surface area (Å²) < 4.78 is 11.2. The second-order valence-electron chi connectivity index (χ2n) is 6.29. The Morgan fingerprint density at radius 1 is 0.846 bits per heavy atom. The van der Waals surface area contributed by atoms with E-state index >= 15 is 0 Å². The quantitative estimate of drug-likeness (QED) is 0.525. The molecule has 2 aromatic heterocycles. The van der Waals surface area contributed by atoms with E-state index < -0.39 is 0 Å². The van der Waals surface area contributed by atoms with Gasteiger partial charge in [-0.15, -0.1) is 0 Å². The Bertz CT molecular complexity index is 1080. The van der Waals surface area contributed by atoms with Crippen molar-refractivity contribution in [3.05, 3.63) is 72.2 Å². The predicted molar refractivity (Wildman–Crippen MR) is 104 cm³/mol. The topological polar surface area (TPSA) is 44.2 Å². The molecule has 4 rings (SSSR count). The predicted octanol–water partition coefficient (Wildman–Crippen LogP) is 4.72. The van der Waals surface area contributed by atoms with Crippen molar-refractivity contribution in [3.63, 3.8) is 0 Å². The third-order valence-corrected chi connectivity index (χ3v) is 4.41. The second-order valence-corrected chi connectivity index (χ2v) is 6.29. The zero-order valence-corrected chi connectivity index (χ0v) is 14.9. The molecule has 0 unspecified atom stereocenters. The van der Waals surface area contributed by atoms with Crippen LogP contribution in [-0.4, -0.2) is 23.7 Å². The number of methoxy groups -OCH3 is 1. The number of ether oxygens (including phenoxy) is 2. The third-order valence-electron chi connectivity index (χ3n) is 4.41. The van der Waals surface area contributed by atoms with E-state index in [9.17, 15) is 0 Å². The van der Waals surface area contributed by atoms with Crippen LogP contribution in [0, 0.1) is 6.92 Å². The molecule has 0 spiro atoms. The van der Waals surface area contributed by atoms with Gasteiger partial charge < -0.3 is 9.47 Å². The minimum Gasteiger partial charge on any atom is -0.497 e. The summed E-state index contributed by atoms with van der Waals surface area (Å²) in [7, 11) is 1.68. The maximum atomic E-state index is 5.91. The molecule has 130 valence electrons. The number of aromatic nitrogens is 2. The van der Waals surface area contributed by atoms with Gasteiger partial charge in [0, 0.05) is 34.8 Å². The number of aryl methyl sites for hydroxylation is 1. The van der Waals surface area contributed by atoms with Crippen LogP contribution in [0.4, 0.5) is 0 Å². The number of benzene rings is 2. The first-order valence-corrected chi connectivity index (χ1v) is 8.64. The zero-order valence-electron chi connectivity index (χ0n) is 14.9. The highest BCUT2D eigenvalue weighted by Gasteiger charge is 2.03. The lowest BCUT2D eigenvalue weighted by molar-refractivity contribution is 0.321. The number of hydrogen-bond donors (Lipinski definition) is 0. The molecule has 26 heavy (non-hydrogen) atoms. The average molecular weight is 344 g/mol. The molecular formula is C22H20N2O2. The monoisotopic (exact) mass is 344 g/mol. The van der Waals surface area contributed by atoms with Crippen LogP contribution in [0.5, 0.6) is 11.5 Å². The Labute approximate surface area is 152 Å². The van der Waals surface area contributed by atoms with Gasteiger partial charge in [0.05, 0.1) is 19.2 Å². The van der Waals surface area contributed by atoms with Crippen LogP contribution < -0.4 is 9.47 Å². The molecule has 0 atom stereocenters. The molecule has 4 aromatic rings. The van der Waals surface area contributed by atoms with E-state index in [1.807, 2.05) is 55.6 Å². The molecule has 4 nitrogen and oxygen atoms in total. The van der Waals surface area contributed by atoms with Gasteiger partial charge in [-0.05, 0) is 60.8 Å². The first-order chi connectivity index (χ1) is 12.7. The van der Waals surface area contributed by atoms with Crippen LogP contribution in [0.15, 0.2) is 60.8 Å². The van der Waals surface area contributed by atoms with Crippen molar-refractivity contribution < 1.29 is 9.47 Å². The molecule has 2 aromatic carbocycles. The summed E-state index contributed by atoms with van der Waals surface area (Å²) in [6, 6.07) is 18.2. The van der Waals surface area contributed by atoms with Gasteiger partial charge in [-0.25, -0.2) is 0 Å². The minimum absolute atomic E-state index is 0.577. The van der Waals surface area contributed by atoms with Crippen molar-refractivity contribution in [1.82, 2.24) is 9.97 Å². The van der Waals surface area contributed by atoms with Gasteiger partial charge >= 0.3 is 0 Å². The van der Waals surface area contributed by atoms with E-state index in [4.69, 9.17) is 9.47 Å². The van der Waals surface area contributed by atoms with Crippen LogP contribution >= 0.6 is 0 Å². The first-order valence-electron chi connectivity index (χ1n) is 8.64. The Kier molecular flexibility index (Phi) is 4.40. The average Bonchev–Trinajstić information content (AvgIpc) is 2.67. The highest BCUT2D eigenvalue weighted by molar-refractivity contribution is 5.83. The molecule has 0 fully saturated rings. The van der Waals surface area contributed by atoms with Crippen molar-refractivity contribution in [2.45, 2.75) is 13.3 Å². The van der Waals surface area contributed by atoms with E-state index in [0.717, 1.165) is 51.0 Å². The molecule has 0 radical (unpaired) electrons. The van der Waals surface area contributed by atoms with E-state index in [1.165, 1.54) is 0 Å². The highest BCUT2D eigenvalue weighted by atomic mass is 16.5. The van der Waals surface area contributed by atoms with Crippen molar-refractivity contribution in [2.75, 3.05) is 13.7 Å². The summed E-state index contributed by atoms with van der Waals surface area (Å²) >= 11 is 0. The SMILES string of the molecule is COc1ccc2cnc(CCOc3ccc4nc(C)ccc4c3)cc2c1. The highest BCUT2D eigenvalue weighted by Crippen LogP contribution is 2.22. The fourth-order valence-corrected chi connectivity index (χ4v) is 3.00. The molecule has 0 amide bonds. The zero-order chi connectivity index (χ0) is 17.9. The Balaban J connectivity index is 1.45. The molecule has 0 N–H and O–H groups in total. The van der Waals surface area contributed by atoms with Crippen molar-refractivity contribution in [2.24, 2.45) is 0 Å². The van der Waals surface area contributed by atoms with Crippen LogP contribution in [0.3, 0.4) is 0 Å². The maximum absolute atomic E-state index is 5.91. The smallest absolute Gasteiger partial charge is 0.120 e. The summed E-state index contributed by atoms with van der Waals surface area (Å²) in [5, 5.41) is 3.32. The van der Waals surface area contributed by atoms with E-state index in [2.05, 4.69) is 22.1 Å². The molecule has 0 saturated heterocycles. The van der Waals surface area contributed by atoms with E-state index in [0.29, 0.717) is 6.61 Å². The molecule has 2 heterocycles. The van der Waals surface area contributed by atoms with E-state index in [-0.39, 0.29) is 0 Å². The molecular weight excluding hydrogens is 324 g/mol. The summed E-state index contributed by atoms with van der Waals surface area (Å²) in [5.74, 6) is 1.71. The maximum Gasteiger partial charge on any atom is 0.120 e. The number of nitrogens with zero attached hydrogens (tertiary/aromatic N) is 2. The lowest BCUT2D eigenvalue weighted by Gasteiger charge is -2.08. The Morgan fingerprint density at radius 2 is 1.65 bits per heavy atom. The van der Waals surface area contributed by atoms with Gasteiger partial charge in [-0.2, -0.15) is 0 Å². The Morgan fingerprint density at radius 3 is 2.54 bits per heavy atom. The number of pyridine rings is 2. The van der Waals surface area contributed by atoms with Gasteiger partial charge in [-0.3, -0.25) is 9.97 Å². The standard InChI is InChI=1S/C22H20N2O2/c1-15-3-4-16-12-21(7-8-22(16)24-15)26-10-9-19-11-18-13-20(25-2)6-5-17(18)14-23-19/h3-8,11-14H,9-10H2,1-2H3. The molecule has 0 aliphatic rings. The number of rotatable bonds is 5.